The molecule has 2 bridgehead atoms. The van der Waals surface area contributed by atoms with Crippen molar-refractivity contribution < 1.29 is 9.53 Å². The lowest BCUT2D eigenvalue weighted by Gasteiger charge is -2.28. The number of hydrogen-bond donors (Lipinski definition) is 2. The van der Waals surface area contributed by atoms with Crippen molar-refractivity contribution in [3.05, 3.63) is 52.4 Å². The molecular weight excluding hydrogens is 489 g/mol. The molecule has 0 radical (unpaired) electrons. The fourth-order valence-electron chi connectivity index (χ4n) is 5.00. The Morgan fingerprint density at radius 2 is 1.97 bits per heavy atom. The normalized spacial score (nSPS) is 23.5. The number of nitrogens with zero attached hydrogens (tertiary/aromatic N) is 5. The van der Waals surface area contributed by atoms with Crippen molar-refractivity contribution in [1.82, 2.24) is 24.6 Å². The number of aromatic nitrogens is 4. The minimum absolute atomic E-state index is 0.0480. The molecule has 3 aliphatic rings. The first-order valence-electron chi connectivity index (χ1n) is 11.7. The van der Waals surface area contributed by atoms with E-state index in [-0.39, 0.29) is 17.5 Å². The highest BCUT2D eigenvalue weighted by Crippen LogP contribution is 2.44. The smallest absolute Gasteiger partial charge is 0.262 e. The van der Waals surface area contributed by atoms with Crippen molar-refractivity contribution in [3.8, 4) is 5.88 Å². The first kappa shape index (κ1) is 22.6. The number of para-hydroxylation sites is 1. The summed E-state index contributed by atoms with van der Waals surface area (Å²) in [5.41, 5.74) is 1.33. The number of anilines is 3. The van der Waals surface area contributed by atoms with Crippen LogP contribution >= 0.6 is 23.2 Å². The zero-order chi connectivity index (χ0) is 24.1. The van der Waals surface area contributed by atoms with Gasteiger partial charge in [0.25, 0.3) is 5.91 Å². The summed E-state index contributed by atoms with van der Waals surface area (Å²) in [6, 6.07) is 6.09. The van der Waals surface area contributed by atoms with Crippen molar-refractivity contribution >= 4 is 46.4 Å². The Labute approximate surface area is 212 Å². The lowest BCUT2D eigenvalue weighted by atomic mass is 10.0. The number of ether oxygens (including phenoxy) is 1. The molecule has 2 saturated carbocycles. The summed E-state index contributed by atoms with van der Waals surface area (Å²) in [6.45, 7) is 1.12. The number of halogens is 2. The van der Waals surface area contributed by atoms with E-state index in [4.69, 9.17) is 27.9 Å². The number of nitrogens with one attached hydrogen (secondary N) is 2. The summed E-state index contributed by atoms with van der Waals surface area (Å²) in [6.07, 6.45) is 9.48. The molecule has 6 rings (SSSR count). The number of likely N-dealkylation sites (tertiary alicyclic amines) is 1. The van der Waals surface area contributed by atoms with Gasteiger partial charge in [-0.3, -0.25) is 9.48 Å². The molecule has 3 heterocycles. The largest absolute Gasteiger partial charge is 0.474 e. The van der Waals surface area contributed by atoms with E-state index in [1.54, 1.807) is 24.4 Å². The van der Waals surface area contributed by atoms with Crippen LogP contribution in [0.4, 0.5) is 17.3 Å². The van der Waals surface area contributed by atoms with Gasteiger partial charge in [0.2, 0.25) is 11.8 Å². The van der Waals surface area contributed by atoms with Gasteiger partial charge in [-0.15, -0.1) is 0 Å². The molecule has 1 aromatic carbocycles. The van der Waals surface area contributed by atoms with Crippen molar-refractivity contribution in [3.63, 3.8) is 0 Å². The Balaban J connectivity index is 1.20. The number of carbonyl (C=O) groups excluding carboxylic acids is 1. The van der Waals surface area contributed by atoms with Gasteiger partial charge in [0.05, 0.1) is 33.7 Å². The second kappa shape index (κ2) is 8.96. The van der Waals surface area contributed by atoms with E-state index in [0.29, 0.717) is 39.7 Å². The Morgan fingerprint density at radius 1 is 1.17 bits per heavy atom. The van der Waals surface area contributed by atoms with E-state index in [2.05, 4.69) is 42.3 Å². The third-order valence-electron chi connectivity index (χ3n) is 6.98. The first-order chi connectivity index (χ1) is 16.9. The van der Waals surface area contributed by atoms with Gasteiger partial charge in [0.15, 0.2) is 0 Å². The highest BCUT2D eigenvalue weighted by molar-refractivity contribution is 6.40. The fourth-order valence-corrected chi connectivity index (χ4v) is 5.49. The van der Waals surface area contributed by atoms with Gasteiger partial charge in [-0.05, 0) is 50.8 Å². The van der Waals surface area contributed by atoms with Gasteiger partial charge in [0.1, 0.15) is 11.7 Å². The molecule has 11 heteroatoms. The van der Waals surface area contributed by atoms with E-state index in [9.17, 15) is 4.79 Å². The molecular formula is C24H25Cl2N7O2. The number of rotatable bonds is 7. The van der Waals surface area contributed by atoms with Crippen LogP contribution in [0.5, 0.6) is 5.88 Å². The molecule has 182 valence electrons. The molecule has 3 fully saturated rings. The van der Waals surface area contributed by atoms with Gasteiger partial charge in [-0.1, -0.05) is 29.3 Å². The maximum absolute atomic E-state index is 13.0. The van der Waals surface area contributed by atoms with E-state index >= 15 is 0 Å². The zero-order valence-electron chi connectivity index (χ0n) is 19.1. The van der Waals surface area contributed by atoms with Gasteiger partial charge in [0, 0.05) is 25.0 Å². The summed E-state index contributed by atoms with van der Waals surface area (Å²) in [7, 11) is 2.20. The minimum atomic E-state index is -0.448. The van der Waals surface area contributed by atoms with E-state index in [1.165, 1.54) is 12.6 Å². The van der Waals surface area contributed by atoms with Crippen LogP contribution in [0.2, 0.25) is 10.0 Å². The summed E-state index contributed by atoms with van der Waals surface area (Å²) in [5, 5.41) is 11.2. The van der Waals surface area contributed by atoms with Crippen molar-refractivity contribution in [1.29, 1.82) is 0 Å². The second-order valence-corrected chi connectivity index (χ2v) is 10.3. The van der Waals surface area contributed by atoms with E-state index in [0.717, 1.165) is 31.5 Å². The summed E-state index contributed by atoms with van der Waals surface area (Å²) >= 11 is 12.4. The predicted molar refractivity (Wildman–Crippen MR) is 134 cm³/mol. The number of hydrogen-bond acceptors (Lipinski definition) is 7. The van der Waals surface area contributed by atoms with Crippen LogP contribution in [0.1, 0.15) is 42.1 Å². The SMILES string of the molecule is CN1CC2CC1CC2n1cc(Nc2ncc(C(=O)Nc3c(Cl)cccc3Cl)c(OC3CC3)n2)cn1. The average molecular weight is 514 g/mol. The molecule has 1 saturated heterocycles. The predicted octanol–water partition coefficient (Wildman–Crippen LogP) is 4.78. The van der Waals surface area contributed by atoms with Gasteiger partial charge in [-0.2, -0.15) is 10.1 Å². The van der Waals surface area contributed by atoms with Crippen molar-refractivity contribution in [2.45, 2.75) is 43.9 Å². The Morgan fingerprint density at radius 3 is 2.66 bits per heavy atom. The van der Waals surface area contributed by atoms with Crippen LogP contribution in [-0.4, -0.2) is 56.3 Å². The molecule has 3 atom stereocenters. The maximum atomic E-state index is 13.0. The third-order valence-corrected chi connectivity index (χ3v) is 7.61. The molecule has 0 spiro atoms. The van der Waals surface area contributed by atoms with E-state index in [1.807, 2.05) is 6.20 Å². The van der Waals surface area contributed by atoms with Crippen LogP contribution in [-0.2, 0) is 0 Å². The number of amides is 1. The standard InChI is InChI=1S/C24H25Cl2N7O2/c1-32-11-13-7-15(32)8-20(13)33-12-14(9-28-33)29-24-27-10-17(23(31-24)35-16-5-6-16)22(34)30-21-18(25)3-2-4-19(21)26/h2-4,9-10,12-13,15-16,20H,5-8,11H2,1H3,(H,30,34)(H,27,29,31). The van der Waals surface area contributed by atoms with E-state index < -0.39 is 5.91 Å². The number of benzene rings is 1. The molecule has 9 nitrogen and oxygen atoms in total. The van der Waals surface area contributed by atoms with Crippen molar-refractivity contribution in [2.24, 2.45) is 5.92 Å². The summed E-state index contributed by atoms with van der Waals surface area (Å²) in [5.74, 6) is 0.739. The highest BCUT2D eigenvalue weighted by atomic mass is 35.5. The zero-order valence-corrected chi connectivity index (χ0v) is 20.6. The molecule has 1 aliphatic heterocycles. The highest BCUT2D eigenvalue weighted by Gasteiger charge is 2.44. The Hall–Kier alpha value is -2.88. The first-order valence-corrected chi connectivity index (χ1v) is 12.5. The summed E-state index contributed by atoms with van der Waals surface area (Å²) < 4.78 is 7.99. The quantitative estimate of drug-likeness (QED) is 0.468. The molecule has 35 heavy (non-hydrogen) atoms. The van der Waals surface area contributed by atoms with Crippen LogP contribution in [0.15, 0.2) is 36.8 Å². The minimum Gasteiger partial charge on any atom is -0.474 e. The summed E-state index contributed by atoms with van der Waals surface area (Å²) in [4.78, 5) is 24.3. The van der Waals surface area contributed by atoms with Crippen LogP contribution in [0, 0.1) is 5.92 Å². The molecule has 1 amide bonds. The maximum Gasteiger partial charge on any atom is 0.262 e. The van der Waals surface area contributed by atoms with Crippen LogP contribution < -0.4 is 15.4 Å². The van der Waals surface area contributed by atoms with Gasteiger partial charge in [-0.25, -0.2) is 4.98 Å². The number of carbonyl (C=O) groups is 1. The lowest BCUT2D eigenvalue weighted by molar-refractivity contribution is 0.102. The fraction of sp³-hybridized carbons (Fsp3) is 0.417. The van der Waals surface area contributed by atoms with Gasteiger partial charge >= 0.3 is 0 Å². The third kappa shape index (κ3) is 4.55. The number of piperidine rings is 1. The van der Waals surface area contributed by atoms with Gasteiger partial charge < -0.3 is 20.3 Å². The van der Waals surface area contributed by atoms with Crippen molar-refractivity contribution in [2.75, 3.05) is 24.2 Å². The second-order valence-electron chi connectivity index (χ2n) is 9.51. The molecule has 2 aromatic heterocycles. The number of fused-ring (bicyclic) bond motifs is 2. The topological polar surface area (TPSA) is 97.2 Å². The molecule has 3 aromatic rings. The van der Waals surface area contributed by atoms with Crippen LogP contribution in [0.25, 0.3) is 0 Å². The average Bonchev–Trinajstić information content (AvgIpc) is 3.21. The van der Waals surface area contributed by atoms with Crippen LogP contribution in [0.3, 0.4) is 0 Å². The lowest BCUT2D eigenvalue weighted by Crippen LogP contribution is -2.33. The Bertz CT molecular complexity index is 1260. The Kier molecular flexibility index (Phi) is 5.78. The molecule has 3 unspecified atom stereocenters. The molecule has 2 aliphatic carbocycles. The molecule has 2 N–H and O–H groups in total. The monoisotopic (exact) mass is 513 g/mol.